The highest BCUT2D eigenvalue weighted by atomic mass is 16.5. The number of imide groups is 1. The van der Waals surface area contributed by atoms with Gasteiger partial charge in [-0.25, -0.2) is 4.79 Å². The second kappa shape index (κ2) is 8.79. The van der Waals surface area contributed by atoms with Crippen molar-refractivity contribution in [1.82, 2.24) is 20.7 Å². The van der Waals surface area contributed by atoms with Crippen LogP contribution in [0.15, 0.2) is 0 Å². The minimum absolute atomic E-state index is 0.102. The molecule has 0 bridgehead atoms. The summed E-state index contributed by atoms with van der Waals surface area (Å²) in [6.45, 7) is 1.74. The Hall–Kier alpha value is -2.65. The number of rotatable bonds is 5. The van der Waals surface area contributed by atoms with Crippen molar-refractivity contribution in [3.05, 3.63) is 0 Å². The lowest BCUT2D eigenvalue weighted by Crippen LogP contribution is -2.52. The Morgan fingerprint density at radius 2 is 1.90 bits per heavy atom. The third-order valence-corrected chi connectivity index (χ3v) is 5.88. The molecule has 2 saturated heterocycles. The molecule has 0 unspecified atom stereocenters. The molecular formula is C19H28N4O6. The van der Waals surface area contributed by atoms with Crippen LogP contribution in [0.1, 0.15) is 58.3 Å². The number of amides is 5. The van der Waals surface area contributed by atoms with Crippen molar-refractivity contribution in [3.63, 3.8) is 0 Å². The van der Waals surface area contributed by atoms with Crippen molar-refractivity contribution in [1.29, 1.82) is 0 Å². The van der Waals surface area contributed by atoms with Gasteiger partial charge in [0.2, 0.25) is 5.91 Å². The predicted molar refractivity (Wildman–Crippen MR) is 99.9 cm³/mol. The van der Waals surface area contributed by atoms with Gasteiger partial charge >= 0.3 is 12.0 Å². The van der Waals surface area contributed by atoms with Crippen LogP contribution in [-0.4, -0.2) is 64.9 Å². The molecule has 0 aromatic carbocycles. The Morgan fingerprint density at radius 3 is 2.62 bits per heavy atom. The van der Waals surface area contributed by atoms with Crippen molar-refractivity contribution in [2.45, 2.75) is 63.8 Å². The highest BCUT2D eigenvalue weighted by molar-refractivity contribution is 6.08. The zero-order valence-electron chi connectivity index (χ0n) is 16.7. The average Bonchev–Trinajstić information content (AvgIpc) is 2.81. The van der Waals surface area contributed by atoms with Crippen LogP contribution in [-0.2, 0) is 23.9 Å². The molecule has 3 rings (SSSR count). The van der Waals surface area contributed by atoms with E-state index in [1.54, 1.807) is 0 Å². The Morgan fingerprint density at radius 1 is 1.17 bits per heavy atom. The first-order valence-electron chi connectivity index (χ1n) is 10.2. The third-order valence-electron chi connectivity index (χ3n) is 5.88. The molecule has 1 spiro atoms. The summed E-state index contributed by atoms with van der Waals surface area (Å²) in [5.41, 5.74) is 1.26. The van der Waals surface area contributed by atoms with E-state index in [9.17, 15) is 24.0 Å². The van der Waals surface area contributed by atoms with E-state index in [1.807, 2.05) is 0 Å². The molecule has 0 aromatic heterocycles. The number of nitrogens with one attached hydrogen (secondary N) is 2. The lowest BCUT2D eigenvalue weighted by Gasteiger charge is -2.33. The fourth-order valence-corrected chi connectivity index (χ4v) is 4.03. The van der Waals surface area contributed by atoms with Gasteiger partial charge in [-0.05, 0) is 44.4 Å². The maximum atomic E-state index is 12.7. The highest BCUT2D eigenvalue weighted by Crippen LogP contribution is 2.35. The summed E-state index contributed by atoms with van der Waals surface area (Å²) in [5, 5.41) is 3.37. The summed E-state index contributed by atoms with van der Waals surface area (Å²) >= 11 is 0. The number of ether oxygens (including phenoxy) is 1. The van der Waals surface area contributed by atoms with Crippen LogP contribution in [0.25, 0.3) is 0 Å². The van der Waals surface area contributed by atoms with E-state index in [4.69, 9.17) is 4.74 Å². The molecule has 1 saturated carbocycles. The molecule has 5 amide bonds. The zero-order valence-corrected chi connectivity index (χ0v) is 16.7. The molecule has 160 valence electrons. The van der Waals surface area contributed by atoms with Gasteiger partial charge in [0.15, 0.2) is 6.61 Å². The molecular weight excluding hydrogens is 380 g/mol. The van der Waals surface area contributed by atoms with Crippen molar-refractivity contribution >= 4 is 29.7 Å². The number of carbonyl (C=O) groups excluding carboxylic acids is 5. The zero-order chi connectivity index (χ0) is 21.0. The summed E-state index contributed by atoms with van der Waals surface area (Å²) in [6.07, 6.45) is 5.67. The molecule has 3 fully saturated rings. The number of nitrogens with zero attached hydrogens (tertiary/aromatic N) is 2. The first-order valence-corrected chi connectivity index (χ1v) is 10.2. The number of carbonyl (C=O) groups is 5. The Kier molecular flexibility index (Phi) is 6.39. The normalized spacial score (nSPS) is 27.6. The summed E-state index contributed by atoms with van der Waals surface area (Å²) in [6, 6.07) is -0.681. The number of urea groups is 1. The van der Waals surface area contributed by atoms with Crippen LogP contribution in [0, 0.1) is 5.92 Å². The first-order chi connectivity index (χ1) is 13.8. The molecule has 1 aliphatic carbocycles. The lowest BCUT2D eigenvalue weighted by atomic mass is 9.77. The van der Waals surface area contributed by atoms with Gasteiger partial charge in [-0.15, -0.1) is 0 Å². The van der Waals surface area contributed by atoms with E-state index in [-0.39, 0.29) is 12.5 Å². The molecule has 2 N–H and O–H groups in total. The second-order valence-corrected chi connectivity index (χ2v) is 8.16. The minimum atomic E-state index is -0.958. The van der Waals surface area contributed by atoms with E-state index >= 15 is 0 Å². The molecule has 10 nitrogen and oxygen atoms in total. The van der Waals surface area contributed by atoms with Gasteiger partial charge in [-0.3, -0.25) is 24.6 Å². The van der Waals surface area contributed by atoms with Crippen LogP contribution in [0.5, 0.6) is 0 Å². The van der Waals surface area contributed by atoms with Crippen molar-refractivity contribution in [3.8, 4) is 0 Å². The smallest absolute Gasteiger partial charge is 0.344 e. The van der Waals surface area contributed by atoms with Crippen LogP contribution < -0.4 is 10.7 Å². The van der Waals surface area contributed by atoms with E-state index in [2.05, 4.69) is 17.7 Å². The number of hydrazine groups is 1. The van der Waals surface area contributed by atoms with Gasteiger partial charge in [-0.1, -0.05) is 13.3 Å². The van der Waals surface area contributed by atoms with Crippen molar-refractivity contribution < 1.29 is 28.7 Å². The Bertz CT molecular complexity index is 701. The average molecular weight is 408 g/mol. The molecule has 2 heterocycles. The molecule has 2 aliphatic heterocycles. The summed E-state index contributed by atoms with van der Waals surface area (Å²) in [7, 11) is 0. The highest BCUT2D eigenvalue weighted by Gasteiger charge is 2.52. The molecule has 29 heavy (non-hydrogen) atoms. The standard InChI is InChI=1S/C19H28N4O6/c1-13-6-8-19(9-7-13)17(27)23(18(28)20-19)21-14(24)12-29-16(26)11-22-10-4-2-3-5-15(22)25/h13H,2-12H2,1H3,(H,20,28)(H,21,24). The Labute approximate surface area is 169 Å². The van der Waals surface area contributed by atoms with Gasteiger partial charge in [0.1, 0.15) is 12.1 Å². The SMILES string of the molecule is CC1CCC2(CC1)NC(=O)N(NC(=O)COC(=O)CN1CCCCCC1=O)C2=O. The van der Waals surface area contributed by atoms with Gasteiger partial charge in [0, 0.05) is 13.0 Å². The number of hydrogen-bond donors (Lipinski definition) is 2. The molecule has 0 radical (unpaired) electrons. The summed E-state index contributed by atoms with van der Waals surface area (Å²) < 4.78 is 4.91. The fourth-order valence-electron chi connectivity index (χ4n) is 4.03. The quantitative estimate of drug-likeness (QED) is 0.503. The second-order valence-electron chi connectivity index (χ2n) is 8.16. The van der Waals surface area contributed by atoms with E-state index in [1.165, 1.54) is 4.90 Å². The minimum Gasteiger partial charge on any atom is -0.454 e. The monoisotopic (exact) mass is 408 g/mol. The molecule has 0 atom stereocenters. The fraction of sp³-hybridized carbons (Fsp3) is 0.737. The first kappa shape index (κ1) is 21.1. The Balaban J connectivity index is 1.46. The molecule has 10 heteroatoms. The van der Waals surface area contributed by atoms with Crippen molar-refractivity contribution in [2.24, 2.45) is 5.92 Å². The number of likely N-dealkylation sites (tertiary alicyclic amines) is 1. The number of hydrogen-bond acceptors (Lipinski definition) is 6. The topological polar surface area (TPSA) is 125 Å². The van der Waals surface area contributed by atoms with E-state index < -0.39 is 36.0 Å². The van der Waals surface area contributed by atoms with Crippen molar-refractivity contribution in [2.75, 3.05) is 19.7 Å². The maximum absolute atomic E-state index is 12.7. The van der Waals surface area contributed by atoms with Crippen LogP contribution >= 0.6 is 0 Å². The van der Waals surface area contributed by atoms with Gasteiger partial charge in [0.25, 0.3) is 11.8 Å². The third kappa shape index (κ3) is 4.86. The summed E-state index contributed by atoms with van der Waals surface area (Å²) in [5.74, 6) is -1.58. The summed E-state index contributed by atoms with van der Waals surface area (Å²) in [4.78, 5) is 62.2. The van der Waals surface area contributed by atoms with Gasteiger partial charge in [0.05, 0.1) is 0 Å². The predicted octanol–water partition coefficient (Wildman–Crippen LogP) is 0.464. The molecule has 3 aliphatic rings. The number of esters is 1. The van der Waals surface area contributed by atoms with E-state index in [0.29, 0.717) is 36.7 Å². The van der Waals surface area contributed by atoms with Gasteiger partial charge in [-0.2, -0.15) is 5.01 Å². The van der Waals surface area contributed by atoms with Crippen LogP contribution in [0.3, 0.4) is 0 Å². The van der Waals surface area contributed by atoms with Crippen LogP contribution in [0.4, 0.5) is 4.79 Å². The van der Waals surface area contributed by atoms with Crippen LogP contribution in [0.2, 0.25) is 0 Å². The molecule has 0 aromatic rings. The van der Waals surface area contributed by atoms with E-state index in [0.717, 1.165) is 32.1 Å². The largest absolute Gasteiger partial charge is 0.454 e. The van der Waals surface area contributed by atoms with Gasteiger partial charge < -0.3 is 15.0 Å². The maximum Gasteiger partial charge on any atom is 0.344 e. The lowest BCUT2D eigenvalue weighted by molar-refractivity contribution is -0.153.